The van der Waals surface area contributed by atoms with Crippen LogP contribution in [0.1, 0.15) is 39.0 Å². The summed E-state index contributed by atoms with van der Waals surface area (Å²) in [6, 6.07) is 0. The Labute approximate surface area is 128 Å². The Kier molecular flexibility index (Phi) is 6.45. The van der Waals surface area contributed by atoms with Crippen molar-refractivity contribution in [1.82, 2.24) is 9.80 Å². The lowest BCUT2D eigenvalue weighted by Crippen LogP contribution is -2.45. The van der Waals surface area contributed by atoms with E-state index in [1.54, 1.807) is 0 Å². The summed E-state index contributed by atoms with van der Waals surface area (Å²) in [6.07, 6.45) is 4.82. The topological polar surface area (TPSA) is 69.8 Å². The van der Waals surface area contributed by atoms with E-state index in [1.807, 2.05) is 0 Å². The van der Waals surface area contributed by atoms with Gasteiger partial charge in [0.2, 0.25) is 5.91 Å². The molecule has 3 N–H and O–H groups in total. The predicted octanol–water partition coefficient (Wildman–Crippen LogP) is 0.667. The minimum Gasteiger partial charge on any atom is -0.390 e. The van der Waals surface area contributed by atoms with Crippen LogP contribution in [0.5, 0.6) is 0 Å². The number of β-amino-alcohol motifs (C(OH)–C–C–N with tert-alkyl or cyclic N) is 1. The molecule has 0 radical (unpaired) electrons. The van der Waals surface area contributed by atoms with E-state index in [2.05, 4.69) is 16.7 Å². The maximum absolute atomic E-state index is 10.9. The number of rotatable bonds is 6. The van der Waals surface area contributed by atoms with Gasteiger partial charge in [0.05, 0.1) is 6.10 Å². The molecule has 2 fully saturated rings. The van der Waals surface area contributed by atoms with Crippen LogP contribution < -0.4 is 5.73 Å². The van der Waals surface area contributed by atoms with Crippen molar-refractivity contribution in [3.05, 3.63) is 0 Å². The van der Waals surface area contributed by atoms with Gasteiger partial charge in [-0.3, -0.25) is 4.79 Å². The second-order valence-electron chi connectivity index (χ2n) is 7.05. The van der Waals surface area contributed by atoms with E-state index in [-0.39, 0.29) is 12.0 Å². The van der Waals surface area contributed by atoms with Gasteiger partial charge >= 0.3 is 0 Å². The minimum atomic E-state index is -0.258. The van der Waals surface area contributed by atoms with E-state index >= 15 is 0 Å². The lowest BCUT2D eigenvalue weighted by Gasteiger charge is -2.35. The zero-order valence-electron chi connectivity index (χ0n) is 13.3. The molecule has 0 spiro atoms. The van der Waals surface area contributed by atoms with E-state index in [1.165, 1.54) is 12.8 Å². The Morgan fingerprint density at radius 3 is 2.05 bits per heavy atom. The van der Waals surface area contributed by atoms with Crippen LogP contribution in [-0.2, 0) is 4.79 Å². The number of aliphatic hydroxyl groups excluding tert-OH is 1. The molecule has 0 bridgehead atoms. The smallest absolute Gasteiger partial charge is 0.217 e. The molecular formula is C16H31N3O2. The molecular weight excluding hydrogens is 266 g/mol. The van der Waals surface area contributed by atoms with Crippen LogP contribution >= 0.6 is 0 Å². The SMILES string of the molecule is CC1CCN(CC(O)CN2CCC(CC(N)=O)CC2)CC1. The Morgan fingerprint density at radius 2 is 1.57 bits per heavy atom. The van der Waals surface area contributed by atoms with Crippen LogP contribution in [0.2, 0.25) is 0 Å². The second-order valence-corrected chi connectivity index (χ2v) is 7.05. The molecule has 122 valence electrons. The number of primary amides is 1. The fourth-order valence-corrected chi connectivity index (χ4v) is 3.56. The third-order valence-corrected chi connectivity index (χ3v) is 5.01. The van der Waals surface area contributed by atoms with Gasteiger partial charge in [-0.15, -0.1) is 0 Å². The number of hydrogen-bond acceptors (Lipinski definition) is 4. The van der Waals surface area contributed by atoms with Crippen LogP contribution in [0, 0.1) is 11.8 Å². The summed E-state index contributed by atoms with van der Waals surface area (Å²) < 4.78 is 0. The monoisotopic (exact) mass is 297 g/mol. The van der Waals surface area contributed by atoms with E-state index in [0.29, 0.717) is 12.3 Å². The maximum atomic E-state index is 10.9. The standard InChI is InChI=1S/C16H31N3O2/c1-13-2-6-18(7-3-13)11-15(20)12-19-8-4-14(5-9-19)10-16(17)21/h13-15,20H,2-12H2,1H3,(H2,17,21). The highest BCUT2D eigenvalue weighted by molar-refractivity contribution is 5.73. The quantitative estimate of drug-likeness (QED) is 0.756. The highest BCUT2D eigenvalue weighted by Crippen LogP contribution is 2.21. The first-order valence-electron chi connectivity index (χ1n) is 8.44. The van der Waals surface area contributed by atoms with E-state index in [9.17, 15) is 9.90 Å². The van der Waals surface area contributed by atoms with Crippen LogP contribution in [0.4, 0.5) is 0 Å². The molecule has 1 amide bonds. The molecule has 21 heavy (non-hydrogen) atoms. The van der Waals surface area contributed by atoms with Crippen molar-refractivity contribution in [2.45, 2.75) is 45.1 Å². The Bertz CT molecular complexity index is 321. The summed E-state index contributed by atoms with van der Waals surface area (Å²) in [5.74, 6) is 1.09. The normalized spacial score (nSPS) is 25.0. The highest BCUT2D eigenvalue weighted by atomic mass is 16.3. The van der Waals surface area contributed by atoms with Gasteiger partial charge in [0.25, 0.3) is 0 Å². The first-order valence-corrected chi connectivity index (χ1v) is 8.44. The van der Waals surface area contributed by atoms with Gasteiger partial charge in [0.1, 0.15) is 0 Å². The van der Waals surface area contributed by atoms with Crippen molar-refractivity contribution in [3.63, 3.8) is 0 Å². The minimum absolute atomic E-state index is 0.187. The van der Waals surface area contributed by atoms with E-state index in [4.69, 9.17) is 5.73 Å². The fourth-order valence-electron chi connectivity index (χ4n) is 3.56. The highest BCUT2D eigenvalue weighted by Gasteiger charge is 2.24. The lowest BCUT2D eigenvalue weighted by atomic mass is 9.93. The first kappa shape index (κ1) is 16.7. The molecule has 0 aromatic heterocycles. The predicted molar refractivity (Wildman–Crippen MR) is 83.8 cm³/mol. The van der Waals surface area contributed by atoms with Gasteiger partial charge in [-0.2, -0.15) is 0 Å². The van der Waals surface area contributed by atoms with Crippen molar-refractivity contribution in [1.29, 1.82) is 0 Å². The molecule has 0 saturated carbocycles. The number of nitrogens with zero attached hydrogens (tertiary/aromatic N) is 2. The van der Waals surface area contributed by atoms with E-state index in [0.717, 1.165) is 58.0 Å². The third-order valence-electron chi connectivity index (χ3n) is 5.01. The van der Waals surface area contributed by atoms with E-state index < -0.39 is 0 Å². The number of aliphatic hydroxyl groups is 1. The summed E-state index contributed by atoms with van der Waals surface area (Å²) in [6.45, 7) is 8.07. The Hall–Kier alpha value is -0.650. The van der Waals surface area contributed by atoms with Crippen LogP contribution in [0.3, 0.4) is 0 Å². The third kappa shape index (κ3) is 5.93. The molecule has 0 aliphatic carbocycles. The average molecular weight is 297 g/mol. The summed E-state index contributed by atoms with van der Waals surface area (Å²) in [5, 5.41) is 10.3. The largest absolute Gasteiger partial charge is 0.390 e. The van der Waals surface area contributed by atoms with Crippen molar-refractivity contribution in [2.75, 3.05) is 39.3 Å². The van der Waals surface area contributed by atoms with Crippen molar-refractivity contribution >= 4 is 5.91 Å². The first-order chi connectivity index (χ1) is 10.0. The number of piperidine rings is 2. The molecule has 2 aliphatic rings. The average Bonchev–Trinajstić information content (AvgIpc) is 2.43. The number of nitrogens with two attached hydrogens (primary N) is 1. The van der Waals surface area contributed by atoms with Crippen molar-refractivity contribution in [2.24, 2.45) is 17.6 Å². The maximum Gasteiger partial charge on any atom is 0.217 e. The Balaban J connectivity index is 1.62. The van der Waals surface area contributed by atoms with Gasteiger partial charge in [0.15, 0.2) is 0 Å². The second kappa shape index (κ2) is 8.11. The van der Waals surface area contributed by atoms with Gasteiger partial charge < -0.3 is 20.6 Å². The van der Waals surface area contributed by atoms with Crippen molar-refractivity contribution in [3.8, 4) is 0 Å². The van der Waals surface area contributed by atoms with Crippen LogP contribution in [0.25, 0.3) is 0 Å². The van der Waals surface area contributed by atoms with Crippen LogP contribution in [-0.4, -0.2) is 66.2 Å². The number of carbonyl (C=O) groups excluding carboxylic acids is 1. The molecule has 2 rings (SSSR count). The number of likely N-dealkylation sites (tertiary alicyclic amines) is 2. The molecule has 0 aromatic carbocycles. The van der Waals surface area contributed by atoms with Gasteiger partial charge in [0, 0.05) is 19.5 Å². The molecule has 0 aromatic rings. The number of amides is 1. The number of hydrogen-bond donors (Lipinski definition) is 2. The Morgan fingerprint density at radius 1 is 1.10 bits per heavy atom. The van der Waals surface area contributed by atoms with Crippen molar-refractivity contribution < 1.29 is 9.90 Å². The molecule has 2 heterocycles. The molecule has 5 heteroatoms. The van der Waals surface area contributed by atoms with Gasteiger partial charge in [-0.25, -0.2) is 0 Å². The van der Waals surface area contributed by atoms with Gasteiger partial charge in [-0.1, -0.05) is 6.92 Å². The lowest BCUT2D eigenvalue weighted by molar-refractivity contribution is -0.119. The summed E-state index contributed by atoms with van der Waals surface area (Å²) in [4.78, 5) is 15.7. The molecule has 5 nitrogen and oxygen atoms in total. The van der Waals surface area contributed by atoms with Crippen LogP contribution in [0.15, 0.2) is 0 Å². The zero-order valence-corrected chi connectivity index (χ0v) is 13.3. The summed E-state index contributed by atoms with van der Waals surface area (Å²) in [7, 11) is 0. The molecule has 1 atom stereocenters. The molecule has 2 aliphatic heterocycles. The summed E-state index contributed by atoms with van der Waals surface area (Å²) >= 11 is 0. The number of carbonyl (C=O) groups is 1. The molecule has 1 unspecified atom stereocenters. The molecule has 2 saturated heterocycles. The fraction of sp³-hybridized carbons (Fsp3) is 0.938. The summed E-state index contributed by atoms with van der Waals surface area (Å²) in [5.41, 5.74) is 5.25. The van der Waals surface area contributed by atoms with Gasteiger partial charge in [-0.05, 0) is 63.7 Å². The zero-order chi connectivity index (χ0) is 15.2.